The average Bonchev–Trinajstić information content (AvgIpc) is 3.08. The molecule has 24 heavy (non-hydrogen) atoms. The number of nitrogens with zero attached hydrogens (tertiary/aromatic N) is 3. The molecule has 0 bridgehead atoms. The lowest BCUT2D eigenvalue weighted by Gasteiger charge is -2.04. The molecule has 0 saturated heterocycles. The van der Waals surface area contributed by atoms with E-state index in [2.05, 4.69) is 16.3 Å². The van der Waals surface area contributed by atoms with Gasteiger partial charge in [-0.15, -0.1) is 10.2 Å². The molecule has 0 N–H and O–H groups in total. The Morgan fingerprint density at radius 2 is 2.00 bits per heavy atom. The summed E-state index contributed by atoms with van der Waals surface area (Å²) in [5.74, 6) is 1.78. The Hall–Kier alpha value is -2.49. The summed E-state index contributed by atoms with van der Waals surface area (Å²) in [6, 6.07) is 16.3. The first-order valence-electron chi connectivity index (χ1n) is 7.10. The van der Waals surface area contributed by atoms with Gasteiger partial charge in [-0.3, -0.25) is 0 Å². The van der Waals surface area contributed by atoms with Gasteiger partial charge in [0.1, 0.15) is 5.75 Å². The summed E-state index contributed by atoms with van der Waals surface area (Å²) in [7, 11) is 0. The molecule has 1 aromatic heterocycles. The molecule has 0 fully saturated rings. The second kappa shape index (κ2) is 7.86. The van der Waals surface area contributed by atoms with E-state index < -0.39 is 0 Å². The number of hydrogen-bond acceptors (Lipinski definition) is 6. The van der Waals surface area contributed by atoms with Crippen molar-refractivity contribution < 1.29 is 9.15 Å². The van der Waals surface area contributed by atoms with Crippen LogP contribution in [-0.2, 0) is 0 Å². The van der Waals surface area contributed by atoms with Crippen molar-refractivity contribution in [1.82, 2.24) is 10.2 Å². The molecule has 3 aromatic rings. The van der Waals surface area contributed by atoms with Crippen molar-refractivity contribution in [2.45, 2.75) is 5.22 Å². The van der Waals surface area contributed by atoms with Crippen molar-refractivity contribution in [3.8, 4) is 23.3 Å². The minimum absolute atomic E-state index is 0.455. The van der Waals surface area contributed by atoms with Gasteiger partial charge >= 0.3 is 0 Å². The summed E-state index contributed by atoms with van der Waals surface area (Å²) in [5, 5.41) is 18.0. The van der Waals surface area contributed by atoms with Crippen LogP contribution in [0.1, 0.15) is 5.56 Å². The molecule has 0 aliphatic rings. The number of hydrogen-bond donors (Lipinski definition) is 0. The summed E-state index contributed by atoms with van der Waals surface area (Å²) in [6.45, 7) is 0.470. The van der Waals surface area contributed by atoms with E-state index in [0.717, 1.165) is 5.56 Å². The average molecular weight is 358 g/mol. The molecule has 2 aromatic carbocycles. The molecule has 0 amide bonds. The third-order valence-corrected chi connectivity index (χ3v) is 4.07. The molecule has 0 aliphatic heterocycles. The maximum absolute atomic E-state index is 8.85. The van der Waals surface area contributed by atoms with Crippen LogP contribution in [0.4, 0.5) is 0 Å². The van der Waals surface area contributed by atoms with Crippen molar-refractivity contribution in [3.05, 3.63) is 59.1 Å². The maximum atomic E-state index is 8.85. The fraction of sp³-hybridized carbons (Fsp3) is 0.118. The van der Waals surface area contributed by atoms with Crippen LogP contribution in [-0.4, -0.2) is 22.6 Å². The van der Waals surface area contributed by atoms with Gasteiger partial charge in [0.15, 0.2) is 0 Å². The molecule has 0 radical (unpaired) electrons. The van der Waals surface area contributed by atoms with Gasteiger partial charge in [-0.1, -0.05) is 29.4 Å². The Labute approximate surface area is 148 Å². The molecule has 0 atom stereocenters. The predicted octanol–water partition coefficient (Wildman–Crippen LogP) is 4.43. The first kappa shape index (κ1) is 16.4. The molecule has 0 spiro atoms. The molecule has 0 saturated carbocycles. The minimum atomic E-state index is 0.455. The van der Waals surface area contributed by atoms with Gasteiger partial charge in [0.25, 0.3) is 5.22 Å². The zero-order valence-corrected chi connectivity index (χ0v) is 14.0. The first-order chi connectivity index (χ1) is 11.7. The number of thioether (sulfide) groups is 1. The largest absolute Gasteiger partial charge is 0.493 e. The number of aromatic nitrogens is 2. The van der Waals surface area contributed by atoms with Gasteiger partial charge in [0, 0.05) is 16.3 Å². The normalized spacial score (nSPS) is 10.3. The summed E-state index contributed by atoms with van der Waals surface area (Å²) in [4.78, 5) is 0. The Kier molecular flexibility index (Phi) is 5.36. The predicted molar refractivity (Wildman–Crippen MR) is 92.1 cm³/mol. The number of halogens is 1. The Morgan fingerprint density at radius 3 is 2.79 bits per heavy atom. The van der Waals surface area contributed by atoms with E-state index in [-0.39, 0.29) is 0 Å². The molecule has 0 unspecified atom stereocenters. The monoisotopic (exact) mass is 357 g/mol. The third kappa shape index (κ3) is 4.28. The second-order valence-electron chi connectivity index (χ2n) is 4.72. The van der Waals surface area contributed by atoms with Crippen LogP contribution in [0.5, 0.6) is 5.75 Å². The van der Waals surface area contributed by atoms with Crippen molar-refractivity contribution in [2.24, 2.45) is 0 Å². The van der Waals surface area contributed by atoms with E-state index in [0.29, 0.717) is 39.8 Å². The highest BCUT2D eigenvalue weighted by molar-refractivity contribution is 7.99. The van der Waals surface area contributed by atoms with Crippen LogP contribution in [0.2, 0.25) is 5.02 Å². The summed E-state index contributed by atoms with van der Waals surface area (Å²) < 4.78 is 11.2. The number of nitriles is 1. The van der Waals surface area contributed by atoms with Crippen LogP contribution < -0.4 is 4.74 Å². The first-order valence-corrected chi connectivity index (χ1v) is 8.46. The molecular formula is C17H12ClN3O2S. The van der Waals surface area contributed by atoms with Gasteiger partial charge in [0.2, 0.25) is 5.89 Å². The molecule has 1 heterocycles. The van der Waals surface area contributed by atoms with Crippen molar-refractivity contribution in [3.63, 3.8) is 0 Å². The summed E-state index contributed by atoms with van der Waals surface area (Å²) >= 11 is 7.27. The molecule has 3 rings (SSSR count). The Balaban J connectivity index is 1.50. The number of rotatable bonds is 6. The van der Waals surface area contributed by atoms with Crippen LogP contribution in [0.25, 0.3) is 11.5 Å². The van der Waals surface area contributed by atoms with Gasteiger partial charge in [-0.05, 0) is 42.5 Å². The zero-order valence-electron chi connectivity index (χ0n) is 12.5. The van der Waals surface area contributed by atoms with Gasteiger partial charge in [0.05, 0.1) is 18.2 Å². The van der Waals surface area contributed by atoms with Crippen LogP contribution >= 0.6 is 23.4 Å². The van der Waals surface area contributed by atoms with E-state index >= 15 is 0 Å². The standard InChI is InChI=1S/C17H12ClN3O2S/c18-14-6-4-13(5-7-14)16-20-21-17(23-16)24-9-8-22-15-3-1-2-12(10-15)11-19/h1-7,10H,8-9H2. The summed E-state index contributed by atoms with van der Waals surface area (Å²) in [6.07, 6.45) is 0. The highest BCUT2D eigenvalue weighted by Gasteiger charge is 2.09. The van der Waals surface area contributed by atoms with Gasteiger partial charge in [-0.2, -0.15) is 5.26 Å². The lowest BCUT2D eigenvalue weighted by atomic mass is 10.2. The fourth-order valence-electron chi connectivity index (χ4n) is 1.92. The number of ether oxygens (including phenoxy) is 1. The highest BCUT2D eigenvalue weighted by atomic mass is 35.5. The van der Waals surface area contributed by atoms with Crippen LogP contribution in [0.15, 0.2) is 58.2 Å². The lowest BCUT2D eigenvalue weighted by Crippen LogP contribution is -2.00. The Morgan fingerprint density at radius 1 is 1.17 bits per heavy atom. The Bertz CT molecular complexity index is 859. The molecule has 7 heteroatoms. The molecule has 0 aliphatic carbocycles. The molecule has 120 valence electrons. The number of benzene rings is 2. The topological polar surface area (TPSA) is 71.9 Å². The second-order valence-corrected chi connectivity index (χ2v) is 6.20. The van der Waals surface area contributed by atoms with Gasteiger partial charge < -0.3 is 9.15 Å². The minimum Gasteiger partial charge on any atom is -0.493 e. The van der Waals surface area contributed by atoms with Crippen LogP contribution in [0, 0.1) is 11.3 Å². The fourth-order valence-corrected chi connectivity index (χ4v) is 2.62. The molecule has 5 nitrogen and oxygen atoms in total. The maximum Gasteiger partial charge on any atom is 0.276 e. The van der Waals surface area contributed by atoms with Gasteiger partial charge in [-0.25, -0.2) is 0 Å². The summed E-state index contributed by atoms with van der Waals surface area (Å²) in [5.41, 5.74) is 1.40. The lowest BCUT2D eigenvalue weighted by molar-refractivity contribution is 0.343. The van der Waals surface area contributed by atoms with Crippen molar-refractivity contribution in [1.29, 1.82) is 5.26 Å². The van der Waals surface area contributed by atoms with Crippen molar-refractivity contribution >= 4 is 23.4 Å². The van der Waals surface area contributed by atoms with E-state index in [1.54, 1.807) is 30.3 Å². The smallest absolute Gasteiger partial charge is 0.276 e. The van der Waals surface area contributed by atoms with E-state index in [4.69, 9.17) is 26.0 Å². The molecular weight excluding hydrogens is 346 g/mol. The van der Waals surface area contributed by atoms with Crippen molar-refractivity contribution in [2.75, 3.05) is 12.4 Å². The van der Waals surface area contributed by atoms with E-state index in [9.17, 15) is 0 Å². The van der Waals surface area contributed by atoms with Crippen LogP contribution in [0.3, 0.4) is 0 Å². The third-order valence-electron chi connectivity index (χ3n) is 3.04. The van der Waals surface area contributed by atoms with E-state index in [1.165, 1.54) is 11.8 Å². The zero-order chi connectivity index (χ0) is 16.8. The quantitative estimate of drug-likeness (QED) is 0.480. The SMILES string of the molecule is N#Cc1cccc(OCCSc2nnc(-c3ccc(Cl)cc3)o2)c1. The highest BCUT2D eigenvalue weighted by Crippen LogP contribution is 2.24. The van der Waals surface area contributed by atoms with E-state index in [1.807, 2.05) is 18.2 Å².